The summed E-state index contributed by atoms with van der Waals surface area (Å²) in [6.07, 6.45) is 9.82. The third kappa shape index (κ3) is 2.50. The Balaban J connectivity index is 2.24. The van der Waals surface area contributed by atoms with Gasteiger partial charge >= 0.3 is 0 Å². The van der Waals surface area contributed by atoms with Crippen LogP contribution in [0.5, 0.6) is 0 Å². The van der Waals surface area contributed by atoms with E-state index in [1.54, 1.807) is 23.5 Å². The number of hydrogen-bond acceptors (Lipinski definition) is 2. The van der Waals surface area contributed by atoms with Gasteiger partial charge < -0.3 is 0 Å². The standard InChI is InChI=1S/C17H11ClS2/c1-3-11-8-12-9-13(18)4-6-16(12)20-17-7-5-14(19-2)10-15(11)17/h1,4-10H,2H3. The molecule has 98 valence electrons. The molecule has 0 aliphatic carbocycles. The molecule has 0 atom stereocenters. The minimum Gasteiger partial charge on any atom is -0.130 e. The largest absolute Gasteiger partial charge is 0.130 e. The highest BCUT2D eigenvalue weighted by molar-refractivity contribution is 7.99. The zero-order valence-electron chi connectivity index (χ0n) is 10.8. The number of terminal acetylenes is 1. The zero-order chi connectivity index (χ0) is 14.1. The number of allylic oxidation sites excluding steroid dienone is 1. The highest BCUT2D eigenvalue weighted by atomic mass is 35.5. The summed E-state index contributed by atoms with van der Waals surface area (Å²) in [5, 5.41) is 0.729. The second-order valence-electron chi connectivity index (χ2n) is 4.35. The lowest BCUT2D eigenvalue weighted by molar-refractivity contribution is 1.32. The Bertz CT molecular complexity index is 754. The first kappa shape index (κ1) is 13.7. The van der Waals surface area contributed by atoms with E-state index >= 15 is 0 Å². The lowest BCUT2D eigenvalue weighted by atomic mass is 10.0. The van der Waals surface area contributed by atoms with Gasteiger partial charge in [0.25, 0.3) is 0 Å². The average molecular weight is 315 g/mol. The maximum Gasteiger partial charge on any atom is 0.0412 e. The van der Waals surface area contributed by atoms with Crippen molar-refractivity contribution in [2.24, 2.45) is 0 Å². The van der Waals surface area contributed by atoms with Crippen LogP contribution >= 0.6 is 35.1 Å². The SMILES string of the molecule is C#CC1=Cc2cc(Cl)ccc2Sc2ccc(SC)cc21. The van der Waals surface area contributed by atoms with Gasteiger partial charge in [-0.25, -0.2) is 0 Å². The first-order valence-electron chi connectivity index (χ1n) is 6.05. The van der Waals surface area contributed by atoms with Crippen molar-refractivity contribution >= 4 is 46.8 Å². The van der Waals surface area contributed by atoms with E-state index in [0.717, 1.165) is 21.7 Å². The van der Waals surface area contributed by atoms with Gasteiger partial charge in [0, 0.05) is 30.8 Å². The molecule has 20 heavy (non-hydrogen) atoms. The maximum atomic E-state index is 6.09. The number of thioether (sulfide) groups is 1. The minimum absolute atomic E-state index is 0.729. The van der Waals surface area contributed by atoms with Gasteiger partial charge in [-0.15, -0.1) is 18.2 Å². The van der Waals surface area contributed by atoms with Crippen molar-refractivity contribution in [3.05, 3.63) is 52.5 Å². The summed E-state index contributed by atoms with van der Waals surface area (Å²) in [5.74, 6) is 2.81. The van der Waals surface area contributed by atoms with Crippen LogP contribution in [-0.2, 0) is 0 Å². The monoisotopic (exact) mass is 314 g/mol. The van der Waals surface area contributed by atoms with Gasteiger partial charge in [0.2, 0.25) is 0 Å². The van der Waals surface area contributed by atoms with Crippen molar-refractivity contribution in [1.29, 1.82) is 0 Å². The van der Waals surface area contributed by atoms with Gasteiger partial charge in [-0.2, -0.15) is 0 Å². The minimum atomic E-state index is 0.729. The molecule has 0 N–H and O–H groups in total. The summed E-state index contributed by atoms with van der Waals surface area (Å²) in [6, 6.07) is 12.4. The topological polar surface area (TPSA) is 0 Å². The summed E-state index contributed by atoms with van der Waals surface area (Å²) in [5.41, 5.74) is 3.11. The van der Waals surface area contributed by atoms with Crippen molar-refractivity contribution in [1.82, 2.24) is 0 Å². The van der Waals surface area contributed by atoms with Crippen molar-refractivity contribution in [2.45, 2.75) is 14.7 Å². The molecule has 0 bridgehead atoms. The van der Waals surface area contributed by atoms with Crippen molar-refractivity contribution in [2.75, 3.05) is 6.26 Å². The molecule has 0 amide bonds. The lowest BCUT2D eigenvalue weighted by Crippen LogP contribution is -1.85. The predicted molar refractivity (Wildman–Crippen MR) is 90.5 cm³/mol. The smallest absolute Gasteiger partial charge is 0.0412 e. The third-order valence-electron chi connectivity index (χ3n) is 3.12. The van der Waals surface area contributed by atoms with Crippen molar-refractivity contribution in [3.63, 3.8) is 0 Å². The Labute approximate surface area is 132 Å². The molecule has 0 aromatic heterocycles. The second kappa shape index (κ2) is 5.61. The molecular formula is C17H11ClS2. The first-order chi connectivity index (χ1) is 9.71. The van der Waals surface area contributed by atoms with Crippen LogP contribution in [-0.4, -0.2) is 6.26 Å². The van der Waals surface area contributed by atoms with Crippen LogP contribution in [0.15, 0.2) is 51.1 Å². The fourth-order valence-electron chi connectivity index (χ4n) is 2.13. The molecule has 0 nitrogen and oxygen atoms in total. The summed E-state index contributed by atoms with van der Waals surface area (Å²) in [6.45, 7) is 0. The molecule has 0 spiro atoms. The van der Waals surface area contributed by atoms with Gasteiger partial charge in [-0.1, -0.05) is 29.3 Å². The molecule has 0 unspecified atom stereocenters. The summed E-state index contributed by atoms with van der Waals surface area (Å²) < 4.78 is 0. The molecule has 0 saturated heterocycles. The van der Waals surface area contributed by atoms with Crippen LogP contribution in [0.25, 0.3) is 11.6 Å². The van der Waals surface area contributed by atoms with Gasteiger partial charge in [-0.3, -0.25) is 0 Å². The lowest BCUT2D eigenvalue weighted by Gasteiger charge is -2.08. The van der Waals surface area contributed by atoms with E-state index in [9.17, 15) is 0 Å². The summed E-state index contributed by atoms with van der Waals surface area (Å²) in [4.78, 5) is 3.58. The van der Waals surface area contributed by atoms with Crippen LogP contribution in [0.1, 0.15) is 11.1 Å². The predicted octanol–water partition coefficient (Wildman–Crippen LogP) is 5.70. The highest BCUT2D eigenvalue weighted by Crippen LogP contribution is 2.42. The Morgan fingerprint density at radius 2 is 1.95 bits per heavy atom. The molecule has 1 heterocycles. The number of rotatable bonds is 1. The Morgan fingerprint density at radius 1 is 1.15 bits per heavy atom. The number of hydrogen-bond donors (Lipinski definition) is 0. The molecule has 2 aromatic rings. The molecule has 1 aliphatic heterocycles. The van der Waals surface area contributed by atoms with E-state index < -0.39 is 0 Å². The zero-order valence-corrected chi connectivity index (χ0v) is 13.2. The molecule has 3 heteroatoms. The quantitative estimate of drug-likeness (QED) is 0.489. The van der Waals surface area contributed by atoms with E-state index in [4.69, 9.17) is 18.0 Å². The van der Waals surface area contributed by atoms with E-state index in [0.29, 0.717) is 0 Å². The molecular weight excluding hydrogens is 304 g/mol. The molecule has 0 fully saturated rings. The van der Waals surface area contributed by atoms with Gasteiger partial charge in [-0.05, 0) is 54.3 Å². The van der Waals surface area contributed by atoms with Gasteiger partial charge in [0.1, 0.15) is 0 Å². The Hall–Kier alpha value is -1.27. The van der Waals surface area contributed by atoms with Crippen molar-refractivity contribution < 1.29 is 0 Å². The molecule has 2 aromatic carbocycles. The van der Waals surface area contributed by atoms with Crippen LogP contribution in [0.2, 0.25) is 5.02 Å². The number of halogens is 1. The van der Waals surface area contributed by atoms with E-state index in [2.05, 4.69) is 30.4 Å². The van der Waals surface area contributed by atoms with Crippen LogP contribution < -0.4 is 0 Å². The van der Waals surface area contributed by atoms with Gasteiger partial charge in [0.15, 0.2) is 0 Å². The third-order valence-corrected chi connectivity index (χ3v) is 5.25. The van der Waals surface area contributed by atoms with Crippen LogP contribution in [0.3, 0.4) is 0 Å². The normalized spacial score (nSPS) is 12.8. The number of benzene rings is 2. The first-order valence-corrected chi connectivity index (χ1v) is 8.47. The molecule has 0 saturated carbocycles. The highest BCUT2D eigenvalue weighted by Gasteiger charge is 2.15. The Morgan fingerprint density at radius 3 is 2.70 bits per heavy atom. The van der Waals surface area contributed by atoms with Gasteiger partial charge in [0.05, 0.1) is 0 Å². The molecule has 3 rings (SSSR count). The molecule has 0 radical (unpaired) electrons. The Kier molecular flexibility index (Phi) is 3.85. The van der Waals surface area contributed by atoms with Crippen molar-refractivity contribution in [3.8, 4) is 12.3 Å². The van der Waals surface area contributed by atoms with E-state index in [1.807, 2.05) is 24.3 Å². The average Bonchev–Trinajstić information content (AvgIpc) is 2.62. The number of fused-ring (bicyclic) bond motifs is 2. The van der Waals surface area contributed by atoms with E-state index in [1.165, 1.54) is 14.7 Å². The fraction of sp³-hybridized carbons (Fsp3) is 0.0588. The fourth-order valence-corrected chi connectivity index (χ4v) is 3.78. The van der Waals surface area contributed by atoms with Crippen LogP contribution in [0, 0.1) is 12.3 Å². The molecule has 1 aliphatic rings. The summed E-state index contributed by atoms with van der Waals surface area (Å²) >= 11 is 9.54. The maximum absolute atomic E-state index is 6.09. The summed E-state index contributed by atoms with van der Waals surface area (Å²) in [7, 11) is 0. The van der Waals surface area contributed by atoms with Crippen LogP contribution in [0.4, 0.5) is 0 Å². The second-order valence-corrected chi connectivity index (χ2v) is 6.75. The van der Waals surface area contributed by atoms with E-state index in [-0.39, 0.29) is 0 Å².